The Hall–Kier alpha value is -5.10. The lowest BCUT2D eigenvalue weighted by Crippen LogP contribution is -2.20. The molecule has 7 N–H and O–H groups in total. The Kier molecular flexibility index (Phi) is 14.7. The van der Waals surface area contributed by atoms with Gasteiger partial charge >= 0.3 is 0 Å². The van der Waals surface area contributed by atoms with E-state index in [2.05, 4.69) is 36.7 Å². The number of hydrogen-bond donors (Lipinski definition) is 5. The minimum Gasteiger partial charge on any atom is -0.508 e. The Labute approximate surface area is 344 Å². The van der Waals surface area contributed by atoms with Crippen LogP contribution in [-0.4, -0.2) is 33.4 Å². The van der Waals surface area contributed by atoms with Crippen LogP contribution in [0.5, 0.6) is 17.2 Å². The Balaban J connectivity index is 1.10. The lowest BCUT2D eigenvalue weighted by Gasteiger charge is -2.27. The summed E-state index contributed by atoms with van der Waals surface area (Å²) in [6, 6.07) is 18.1. The maximum absolute atomic E-state index is 13.7. The fourth-order valence-electron chi connectivity index (χ4n) is 8.68. The van der Waals surface area contributed by atoms with Gasteiger partial charge in [0.05, 0.1) is 19.2 Å². The number of nitrogens with two attached hydrogens (primary N) is 2. The van der Waals surface area contributed by atoms with Crippen LogP contribution in [0.3, 0.4) is 0 Å². The third kappa shape index (κ3) is 11.1. The summed E-state index contributed by atoms with van der Waals surface area (Å²) in [6.07, 6.45) is 19.5. The first kappa shape index (κ1) is 42.5. The summed E-state index contributed by atoms with van der Waals surface area (Å²) in [6.45, 7) is 4.89. The number of ketones is 2. The normalized spacial score (nSPS) is 16.8. The van der Waals surface area contributed by atoms with Crippen LogP contribution in [0.25, 0.3) is 0 Å². The smallest absolute Gasteiger partial charge is 0.165 e. The summed E-state index contributed by atoms with van der Waals surface area (Å²) in [5.41, 5.74) is 18.2. The number of rotatable bonds is 18. The molecule has 1 fully saturated rings. The minimum absolute atomic E-state index is 0.0342. The molecule has 8 nitrogen and oxygen atoms in total. The monoisotopic (exact) mass is 783 g/mol. The molecule has 1 saturated carbocycles. The number of H-pyrrole nitrogens is 1. The van der Waals surface area contributed by atoms with Gasteiger partial charge in [-0.3, -0.25) is 9.59 Å². The summed E-state index contributed by atoms with van der Waals surface area (Å²) < 4.78 is 6.10. The Bertz CT molecular complexity index is 2130. The van der Waals surface area contributed by atoms with Crippen LogP contribution in [0.15, 0.2) is 79.0 Å². The number of carbonyl (C=O) groups is 2. The maximum Gasteiger partial charge on any atom is 0.165 e. The van der Waals surface area contributed by atoms with Crippen molar-refractivity contribution >= 4 is 11.6 Å². The summed E-state index contributed by atoms with van der Waals surface area (Å²) in [5, 5.41) is 21.9. The number of phenols is 2. The number of phenolic OH excluding ortho intramolecular Hbond substituents is 2. The number of aromatic amines is 1. The first-order valence-corrected chi connectivity index (χ1v) is 21.4. The van der Waals surface area contributed by atoms with Crippen LogP contribution < -0.4 is 16.2 Å². The number of aromatic nitrogens is 1. The predicted molar refractivity (Wildman–Crippen MR) is 231 cm³/mol. The van der Waals surface area contributed by atoms with Crippen molar-refractivity contribution in [1.82, 2.24) is 4.98 Å². The fourth-order valence-corrected chi connectivity index (χ4v) is 8.68. The first-order valence-electron chi connectivity index (χ1n) is 21.4. The number of aryl methyl sites for hydroxylation is 1. The number of hydrogen-bond acceptors (Lipinski definition) is 7. The molecule has 6 rings (SSSR count). The van der Waals surface area contributed by atoms with Crippen molar-refractivity contribution in [3.63, 3.8) is 0 Å². The highest BCUT2D eigenvalue weighted by Gasteiger charge is 2.31. The van der Waals surface area contributed by atoms with E-state index in [4.69, 9.17) is 16.2 Å². The summed E-state index contributed by atoms with van der Waals surface area (Å²) in [7, 11) is 0. The number of aromatic hydroxyl groups is 2. The molecule has 0 bridgehead atoms. The number of carbonyl (C=O) groups excluding carboxylic acids is 2. The number of benzene rings is 3. The molecule has 4 aromatic rings. The molecule has 2 aliphatic carbocycles. The second kappa shape index (κ2) is 20.0. The molecule has 1 heterocycles. The van der Waals surface area contributed by atoms with Gasteiger partial charge in [0, 0.05) is 53.8 Å². The van der Waals surface area contributed by atoms with E-state index in [1.807, 2.05) is 48.5 Å². The lowest BCUT2D eigenvalue weighted by molar-refractivity contribution is -0.114. The average molecular weight is 784 g/mol. The van der Waals surface area contributed by atoms with Gasteiger partial charge in [-0.1, -0.05) is 101 Å². The molecular weight excluding hydrogens is 723 g/mol. The minimum atomic E-state index is -0.683. The van der Waals surface area contributed by atoms with E-state index in [0.717, 1.165) is 40.3 Å². The molecule has 8 heteroatoms. The average Bonchev–Trinajstić information content (AvgIpc) is 3.90. The topological polar surface area (TPSA) is 152 Å². The van der Waals surface area contributed by atoms with E-state index in [0.29, 0.717) is 48.1 Å². The third-order valence-electron chi connectivity index (χ3n) is 12.3. The summed E-state index contributed by atoms with van der Waals surface area (Å²) in [4.78, 5) is 30.0. The number of Topliss-reactive ketones (excluding diaryl/α,β-unsaturated/α-hetero) is 1. The van der Waals surface area contributed by atoms with E-state index < -0.39 is 12.1 Å². The zero-order chi connectivity index (χ0) is 41.1. The number of nitrogens with one attached hydrogen (secondary N) is 1. The molecule has 306 valence electrons. The SMILES string of the molecule is CCCCC[C@H](C)CCC1(/C=C\C(=O)CCc2ccc(O)c(OCCc3ccc(O)c([C@H]4CC(=O)c5cc[nH]c5CC#Cc5cc(C(N)N)ccc54)c3)c2)CCCC1. The molecule has 2 atom stereocenters. The van der Waals surface area contributed by atoms with Crippen LogP contribution in [0, 0.1) is 23.2 Å². The standard InChI is InChI=1S/C50H61N3O5/c1-3-4-5-9-34(2)20-26-50(24-6-7-25-50)27-21-39(54)16-12-35-14-19-46(56)48(31-35)58-29-23-36-13-18-45(55)43(30-36)42-33-47(57)41-22-28-53-44(41)11-8-10-37-32-38(49(51)52)15-17-40(37)42/h13-15,17-19,21-22,27-28,30-32,34,42,49,53,55-56H,3-7,9,11-12,16,20,23-26,29,33,51-52H2,1-2H3/b27-21-/t34-,42-/m0/s1. The van der Waals surface area contributed by atoms with E-state index in [1.54, 1.807) is 24.4 Å². The van der Waals surface area contributed by atoms with E-state index in [-0.39, 0.29) is 41.5 Å². The van der Waals surface area contributed by atoms with Crippen LogP contribution in [-0.2, 0) is 24.1 Å². The highest BCUT2D eigenvalue weighted by Crippen LogP contribution is 2.44. The molecule has 0 amide bonds. The van der Waals surface area contributed by atoms with E-state index in [1.165, 1.54) is 57.8 Å². The molecule has 0 spiro atoms. The summed E-state index contributed by atoms with van der Waals surface area (Å²) in [5.74, 6) is 7.26. The van der Waals surface area contributed by atoms with Gasteiger partial charge in [-0.2, -0.15) is 0 Å². The van der Waals surface area contributed by atoms with Crippen molar-refractivity contribution in [1.29, 1.82) is 0 Å². The van der Waals surface area contributed by atoms with Crippen molar-refractivity contribution in [2.45, 2.75) is 122 Å². The van der Waals surface area contributed by atoms with Crippen molar-refractivity contribution in [3.05, 3.63) is 124 Å². The highest BCUT2D eigenvalue weighted by atomic mass is 16.5. The van der Waals surface area contributed by atoms with Gasteiger partial charge in [-0.25, -0.2) is 0 Å². The van der Waals surface area contributed by atoms with E-state index >= 15 is 0 Å². The molecule has 1 aromatic heterocycles. The van der Waals surface area contributed by atoms with Crippen LogP contribution in [0.2, 0.25) is 0 Å². The van der Waals surface area contributed by atoms with Gasteiger partial charge in [0.1, 0.15) is 5.75 Å². The quantitative estimate of drug-likeness (QED) is 0.0292. The van der Waals surface area contributed by atoms with Gasteiger partial charge in [-0.15, -0.1) is 0 Å². The molecule has 3 aromatic carbocycles. The first-order chi connectivity index (χ1) is 28.0. The number of ether oxygens (including phenoxy) is 1. The number of allylic oxidation sites excluding steroid dienone is 2. The third-order valence-corrected chi connectivity index (χ3v) is 12.3. The molecule has 0 unspecified atom stereocenters. The van der Waals surface area contributed by atoms with Crippen molar-refractivity contribution < 1.29 is 24.5 Å². The Morgan fingerprint density at radius 2 is 1.74 bits per heavy atom. The number of fused-ring (bicyclic) bond motifs is 2. The fraction of sp³-hybridized carbons (Fsp3) is 0.440. The van der Waals surface area contributed by atoms with Gasteiger partial charge in [-0.05, 0) is 102 Å². The van der Waals surface area contributed by atoms with Crippen LogP contribution in [0.1, 0.15) is 152 Å². The Morgan fingerprint density at radius 1 is 0.966 bits per heavy atom. The molecule has 0 aliphatic heterocycles. The van der Waals surface area contributed by atoms with Gasteiger partial charge in [0.25, 0.3) is 0 Å². The van der Waals surface area contributed by atoms with Crippen LogP contribution >= 0.6 is 0 Å². The van der Waals surface area contributed by atoms with Gasteiger partial charge < -0.3 is 31.4 Å². The second-order valence-electron chi connectivity index (χ2n) is 16.7. The van der Waals surface area contributed by atoms with Crippen molar-refractivity contribution in [3.8, 4) is 29.1 Å². The van der Waals surface area contributed by atoms with Crippen molar-refractivity contribution in [2.24, 2.45) is 22.8 Å². The molecule has 2 aliphatic rings. The lowest BCUT2D eigenvalue weighted by atomic mass is 9.78. The largest absolute Gasteiger partial charge is 0.508 e. The summed E-state index contributed by atoms with van der Waals surface area (Å²) >= 11 is 0. The van der Waals surface area contributed by atoms with Crippen molar-refractivity contribution in [2.75, 3.05) is 6.61 Å². The highest BCUT2D eigenvalue weighted by molar-refractivity contribution is 5.98. The zero-order valence-corrected chi connectivity index (χ0v) is 34.3. The molecule has 0 saturated heterocycles. The Morgan fingerprint density at radius 3 is 2.52 bits per heavy atom. The molecule has 0 radical (unpaired) electrons. The second-order valence-corrected chi connectivity index (χ2v) is 16.7. The van der Waals surface area contributed by atoms with E-state index in [9.17, 15) is 19.8 Å². The predicted octanol–water partition coefficient (Wildman–Crippen LogP) is 9.89. The number of unbranched alkanes of at least 4 members (excludes halogenated alkanes) is 2. The molecule has 58 heavy (non-hydrogen) atoms. The van der Waals surface area contributed by atoms with Gasteiger partial charge in [0.2, 0.25) is 0 Å². The zero-order valence-electron chi connectivity index (χ0n) is 34.3. The maximum atomic E-state index is 13.7. The van der Waals surface area contributed by atoms with Gasteiger partial charge in [0.15, 0.2) is 23.1 Å². The molecular formula is C50H61N3O5. The van der Waals surface area contributed by atoms with Crippen LogP contribution in [0.4, 0.5) is 0 Å².